The summed E-state index contributed by atoms with van der Waals surface area (Å²) in [7, 11) is -3.59. The molecule has 3 N–H and O–H groups in total. The number of anilines is 1. The van der Waals surface area contributed by atoms with Gasteiger partial charge in [-0.2, -0.15) is 0 Å². The van der Waals surface area contributed by atoms with Crippen LogP contribution in [0.5, 0.6) is 5.75 Å². The molecule has 0 aliphatic heterocycles. The predicted molar refractivity (Wildman–Crippen MR) is 65.8 cm³/mol. The van der Waals surface area contributed by atoms with Gasteiger partial charge in [-0.3, -0.25) is 0 Å². The van der Waals surface area contributed by atoms with E-state index in [1.165, 1.54) is 19.1 Å². The highest BCUT2D eigenvalue weighted by Gasteiger charge is 2.20. The number of aliphatic hydroxyl groups is 1. The van der Waals surface area contributed by atoms with E-state index in [9.17, 15) is 8.42 Å². The van der Waals surface area contributed by atoms with Gasteiger partial charge in [0.1, 0.15) is 5.75 Å². The van der Waals surface area contributed by atoms with Crippen molar-refractivity contribution in [2.24, 2.45) is 0 Å². The molecule has 0 aliphatic carbocycles. The summed E-state index contributed by atoms with van der Waals surface area (Å²) in [5.41, 5.74) is 5.79. The van der Waals surface area contributed by atoms with Crippen molar-refractivity contribution in [3.05, 3.63) is 18.2 Å². The number of aliphatic hydroxyl groups excluding tert-OH is 1. The minimum atomic E-state index is -3.59. The van der Waals surface area contributed by atoms with Gasteiger partial charge in [-0.25, -0.2) is 8.42 Å². The van der Waals surface area contributed by atoms with E-state index in [0.717, 1.165) is 0 Å². The number of benzene rings is 1. The number of ether oxygens (including phenoxy) is 1. The van der Waals surface area contributed by atoms with Crippen molar-refractivity contribution in [2.45, 2.75) is 24.8 Å². The molecule has 0 radical (unpaired) electrons. The molecule has 0 heterocycles. The normalized spacial score (nSPS) is 13.4. The molecule has 0 aromatic heterocycles. The van der Waals surface area contributed by atoms with Crippen LogP contribution in [0.15, 0.2) is 23.1 Å². The monoisotopic (exact) mass is 259 g/mol. The molecule has 96 valence electrons. The van der Waals surface area contributed by atoms with E-state index in [2.05, 4.69) is 0 Å². The van der Waals surface area contributed by atoms with Gasteiger partial charge in [0.25, 0.3) is 0 Å². The summed E-state index contributed by atoms with van der Waals surface area (Å²) in [4.78, 5) is 0.00403. The summed E-state index contributed by atoms with van der Waals surface area (Å²) in [5, 5.41) is 9.16. The Labute approximate surface area is 101 Å². The minimum absolute atomic E-state index is 0.00403. The van der Waals surface area contributed by atoms with Gasteiger partial charge in [0, 0.05) is 6.07 Å². The largest absolute Gasteiger partial charge is 0.494 e. The Hall–Kier alpha value is -1.27. The van der Waals surface area contributed by atoms with Crippen LogP contribution in [0.4, 0.5) is 5.69 Å². The van der Waals surface area contributed by atoms with Crippen molar-refractivity contribution in [1.29, 1.82) is 0 Å². The average Bonchev–Trinajstić information content (AvgIpc) is 2.19. The highest BCUT2D eigenvalue weighted by molar-refractivity contribution is 7.91. The van der Waals surface area contributed by atoms with Gasteiger partial charge in [0.15, 0.2) is 9.84 Å². The highest BCUT2D eigenvalue weighted by Crippen LogP contribution is 2.25. The summed E-state index contributed by atoms with van der Waals surface area (Å²) in [6.07, 6.45) is -0.935. The van der Waals surface area contributed by atoms with Crippen molar-refractivity contribution >= 4 is 15.5 Å². The fraction of sp³-hybridized carbons (Fsp3) is 0.455. The minimum Gasteiger partial charge on any atom is -0.494 e. The Morgan fingerprint density at radius 2 is 2.12 bits per heavy atom. The number of hydrogen-bond acceptors (Lipinski definition) is 5. The molecule has 1 aromatic carbocycles. The number of nitrogens with two attached hydrogens (primary N) is 1. The number of hydrogen-bond donors (Lipinski definition) is 2. The molecule has 6 heteroatoms. The molecule has 5 nitrogen and oxygen atoms in total. The zero-order chi connectivity index (χ0) is 13.1. The van der Waals surface area contributed by atoms with Gasteiger partial charge in [-0.05, 0) is 26.0 Å². The molecule has 0 saturated heterocycles. The van der Waals surface area contributed by atoms with Gasteiger partial charge in [-0.15, -0.1) is 0 Å². The quantitative estimate of drug-likeness (QED) is 0.764. The van der Waals surface area contributed by atoms with Crippen LogP contribution in [0.2, 0.25) is 0 Å². The first-order chi connectivity index (χ1) is 7.86. The third kappa shape index (κ3) is 3.61. The van der Waals surface area contributed by atoms with Crippen molar-refractivity contribution < 1.29 is 18.3 Å². The molecule has 1 atom stereocenters. The van der Waals surface area contributed by atoms with Crippen molar-refractivity contribution in [3.63, 3.8) is 0 Å². The second-order valence-electron chi connectivity index (χ2n) is 3.76. The molecule has 1 rings (SSSR count). The molecule has 0 fully saturated rings. The Balaban J connectivity index is 3.16. The summed E-state index contributed by atoms with van der Waals surface area (Å²) >= 11 is 0. The Kier molecular flexibility index (Phi) is 4.36. The van der Waals surface area contributed by atoms with Gasteiger partial charge < -0.3 is 15.6 Å². The van der Waals surface area contributed by atoms with Crippen molar-refractivity contribution in [1.82, 2.24) is 0 Å². The summed E-state index contributed by atoms with van der Waals surface area (Å²) < 4.78 is 29.1. The van der Waals surface area contributed by atoms with Crippen LogP contribution in [-0.2, 0) is 9.84 Å². The lowest BCUT2D eigenvalue weighted by Gasteiger charge is -2.11. The fourth-order valence-corrected chi connectivity index (χ4v) is 2.99. The average molecular weight is 259 g/mol. The molecule has 17 heavy (non-hydrogen) atoms. The first kappa shape index (κ1) is 13.8. The molecule has 0 bridgehead atoms. The molecule has 0 aliphatic rings. The zero-order valence-electron chi connectivity index (χ0n) is 9.88. The van der Waals surface area contributed by atoms with Crippen LogP contribution in [0.3, 0.4) is 0 Å². The van der Waals surface area contributed by atoms with Gasteiger partial charge >= 0.3 is 0 Å². The van der Waals surface area contributed by atoms with E-state index in [-0.39, 0.29) is 16.3 Å². The predicted octanol–water partition coefficient (Wildman–Crippen LogP) is 0.822. The van der Waals surface area contributed by atoms with Crippen LogP contribution >= 0.6 is 0 Å². The standard InChI is InChI=1S/C11H17NO4S/c1-3-16-9-4-5-10(12)11(6-9)17(14,15)7-8(2)13/h4-6,8,13H,3,7,12H2,1-2H3. The molecule has 0 saturated carbocycles. The van der Waals surface area contributed by atoms with Crippen molar-refractivity contribution in [2.75, 3.05) is 18.1 Å². The third-order valence-electron chi connectivity index (χ3n) is 2.09. The van der Waals surface area contributed by atoms with Crippen LogP contribution in [0, 0.1) is 0 Å². The molecule has 0 spiro atoms. The van der Waals surface area contributed by atoms with Gasteiger partial charge in [0.05, 0.1) is 29.0 Å². The SMILES string of the molecule is CCOc1ccc(N)c(S(=O)(=O)CC(C)O)c1. The van der Waals surface area contributed by atoms with Crippen LogP contribution in [-0.4, -0.2) is 32.0 Å². The Morgan fingerprint density at radius 3 is 2.65 bits per heavy atom. The zero-order valence-corrected chi connectivity index (χ0v) is 10.7. The van der Waals surface area contributed by atoms with Crippen LogP contribution in [0.1, 0.15) is 13.8 Å². The molecular formula is C11H17NO4S. The Bertz CT molecular complexity index is 482. The van der Waals surface area contributed by atoms with Crippen molar-refractivity contribution in [3.8, 4) is 5.75 Å². The number of sulfone groups is 1. The van der Waals surface area contributed by atoms with E-state index in [0.29, 0.717) is 12.4 Å². The maximum Gasteiger partial charge on any atom is 0.183 e. The summed E-state index contributed by atoms with van der Waals surface area (Å²) in [6, 6.07) is 4.48. The van der Waals surface area contributed by atoms with E-state index >= 15 is 0 Å². The second-order valence-corrected chi connectivity index (χ2v) is 5.77. The number of rotatable bonds is 5. The van der Waals surface area contributed by atoms with Crippen LogP contribution in [0.25, 0.3) is 0 Å². The van der Waals surface area contributed by atoms with E-state index < -0.39 is 15.9 Å². The molecular weight excluding hydrogens is 242 g/mol. The van der Waals surface area contributed by atoms with Gasteiger partial charge in [0.2, 0.25) is 0 Å². The van der Waals surface area contributed by atoms with E-state index in [4.69, 9.17) is 15.6 Å². The molecule has 1 aromatic rings. The molecule has 1 unspecified atom stereocenters. The topological polar surface area (TPSA) is 89.6 Å². The lowest BCUT2D eigenvalue weighted by Crippen LogP contribution is -2.18. The lowest BCUT2D eigenvalue weighted by atomic mass is 10.3. The van der Waals surface area contributed by atoms with Gasteiger partial charge in [-0.1, -0.05) is 0 Å². The van der Waals surface area contributed by atoms with E-state index in [1.807, 2.05) is 0 Å². The highest BCUT2D eigenvalue weighted by atomic mass is 32.2. The fourth-order valence-electron chi connectivity index (χ4n) is 1.45. The third-order valence-corrected chi connectivity index (χ3v) is 4.04. The second kappa shape index (κ2) is 5.37. The maximum absolute atomic E-state index is 11.9. The maximum atomic E-state index is 11.9. The Morgan fingerprint density at radius 1 is 1.47 bits per heavy atom. The molecule has 0 amide bonds. The first-order valence-electron chi connectivity index (χ1n) is 5.30. The number of nitrogen functional groups attached to an aromatic ring is 1. The van der Waals surface area contributed by atoms with Crippen LogP contribution < -0.4 is 10.5 Å². The smallest absolute Gasteiger partial charge is 0.183 e. The van der Waals surface area contributed by atoms with E-state index in [1.54, 1.807) is 13.0 Å². The summed E-state index contributed by atoms with van der Waals surface area (Å²) in [6.45, 7) is 3.67. The first-order valence-corrected chi connectivity index (χ1v) is 6.95. The lowest BCUT2D eigenvalue weighted by molar-refractivity contribution is 0.218. The summed E-state index contributed by atoms with van der Waals surface area (Å²) in [5.74, 6) is 0.0955.